The van der Waals surface area contributed by atoms with E-state index in [0.717, 1.165) is 6.92 Å². The van der Waals surface area contributed by atoms with Crippen molar-refractivity contribution in [2.75, 3.05) is 12.0 Å². The molecule has 0 spiro atoms. The molecule has 0 aliphatic rings. The molecule has 0 aromatic heterocycles. The van der Waals surface area contributed by atoms with Crippen molar-refractivity contribution < 1.29 is 19.4 Å². The lowest BCUT2D eigenvalue weighted by molar-refractivity contribution is -0.163. The van der Waals surface area contributed by atoms with Crippen molar-refractivity contribution >= 4 is 23.7 Å². The SMILES string of the molecule is CSCC(O)C(=O)OC(C)=O. The minimum absolute atomic E-state index is 0.242. The second kappa shape index (κ2) is 5.15. The maximum absolute atomic E-state index is 10.6. The summed E-state index contributed by atoms with van der Waals surface area (Å²) >= 11 is 1.30. The summed E-state index contributed by atoms with van der Waals surface area (Å²) in [6.45, 7) is 1.11. The van der Waals surface area contributed by atoms with E-state index in [-0.39, 0.29) is 5.75 Å². The van der Waals surface area contributed by atoms with Gasteiger partial charge in [-0.1, -0.05) is 0 Å². The summed E-state index contributed by atoms with van der Waals surface area (Å²) in [6, 6.07) is 0. The first-order valence-electron chi connectivity index (χ1n) is 2.97. The molecule has 0 aliphatic heterocycles. The predicted molar refractivity (Wildman–Crippen MR) is 41.2 cm³/mol. The van der Waals surface area contributed by atoms with Crippen LogP contribution in [-0.4, -0.2) is 35.2 Å². The molecule has 0 fully saturated rings. The summed E-state index contributed by atoms with van der Waals surface area (Å²) in [6.07, 6.45) is 0.540. The molecule has 0 amide bonds. The maximum Gasteiger partial charge on any atom is 0.343 e. The van der Waals surface area contributed by atoms with E-state index in [9.17, 15) is 9.59 Å². The van der Waals surface area contributed by atoms with Gasteiger partial charge in [-0.25, -0.2) is 4.79 Å². The van der Waals surface area contributed by atoms with Crippen LogP contribution in [-0.2, 0) is 14.3 Å². The Morgan fingerprint density at radius 1 is 1.64 bits per heavy atom. The Morgan fingerprint density at radius 2 is 2.18 bits per heavy atom. The van der Waals surface area contributed by atoms with Crippen molar-refractivity contribution in [1.29, 1.82) is 0 Å². The summed E-state index contributed by atoms with van der Waals surface area (Å²) in [7, 11) is 0. The van der Waals surface area contributed by atoms with Crippen LogP contribution in [0, 0.1) is 0 Å². The summed E-state index contributed by atoms with van der Waals surface area (Å²) in [5, 5.41) is 8.92. The first-order chi connectivity index (χ1) is 5.07. The minimum atomic E-state index is -1.20. The van der Waals surface area contributed by atoms with Crippen LogP contribution < -0.4 is 0 Å². The van der Waals surface area contributed by atoms with E-state index < -0.39 is 18.0 Å². The average molecular weight is 178 g/mol. The molecular weight excluding hydrogens is 168 g/mol. The average Bonchev–Trinajstić information content (AvgIpc) is 1.86. The number of ether oxygens (including phenoxy) is 1. The molecule has 0 bridgehead atoms. The van der Waals surface area contributed by atoms with Gasteiger partial charge in [0, 0.05) is 12.7 Å². The van der Waals surface area contributed by atoms with Gasteiger partial charge >= 0.3 is 11.9 Å². The highest BCUT2D eigenvalue weighted by Crippen LogP contribution is 1.98. The Hall–Kier alpha value is -0.550. The van der Waals surface area contributed by atoms with Crippen LogP contribution in [0.2, 0.25) is 0 Å². The maximum atomic E-state index is 10.6. The van der Waals surface area contributed by atoms with E-state index in [1.807, 2.05) is 0 Å². The standard InChI is InChI=1S/C6H10O4S/c1-4(7)10-6(9)5(8)3-11-2/h5,8H,3H2,1-2H3. The van der Waals surface area contributed by atoms with Crippen LogP contribution in [0.5, 0.6) is 0 Å². The molecule has 0 rings (SSSR count). The van der Waals surface area contributed by atoms with E-state index in [0.29, 0.717) is 0 Å². The van der Waals surface area contributed by atoms with Gasteiger partial charge in [0.2, 0.25) is 0 Å². The van der Waals surface area contributed by atoms with Crippen LogP contribution in [0.4, 0.5) is 0 Å². The molecule has 11 heavy (non-hydrogen) atoms. The van der Waals surface area contributed by atoms with Crippen molar-refractivity contribution in [1.82, 2.24) is 0 Å². The lowest BCUT2D eigenvalue weighted by Gasteiger charge is -2.05. The van der Waals surface area contributed by atoms with Crippen LogP contribution in [0.15, 0.2) is 0 Å². The molecule has 0 saturated heterocycles. The van der Waals surface area contributed by atoms with Crippen molar-refractivity contribution in [2.45, 2.75) is 13.0 Å². The molecule has 0 radical (unpaired) electrons. The van der Waals surface area contributed by atoms with Crippen LogP contribution in [0.1, 0.15) is 6.92 Å². The molecule has 0 saturated carbocycles. The van der Waals surface area contributed by atoms with Crippen molar-refractivity contribution in [3.63, 3.8) is 0 Å². The van der Waals surface area contributed by atoms with E-state index in [2.05, 4.69) is 4.74 Å². The van der Waals surface area contributed by atoms with Crippen LogP contribution in [0.3, 0.4) is 0 Å². The monoisotopic (exact) mass is 178 g/mol. The molecule has 0 aromatic carbocycles. The quantitative estimate of drug-likeness (QED) is 0.479. The highest BCUT2D eigenvalue weighted by molar-refractivity contribution is 7.98. The Morgan fingerprint density at radius 3 is 2.55 bits per heavy atom. The van der Waals surface area contributed by atoms with Gasteiger partial charge in [0.15, 0.2) is 6.10 Å². The topological polar surface area (TPSA) is 63.6 Å². The van der Waals surface area contributed by atoms with Crippen molar-refractivity contribution in [3.05, 3.63) is 0 Å². The third-order valence-corrected chi connectivity index (χ3v) is 1.49. The molecule has 0 aliphatic carbocycles. The van der Waals surface area contributed by atoms with Gasteiger partial charge in [-0.05, 0) is 6.26 Å². The van der Waals surface area contributed by atoms with Gasteiger partial charge in [0.25, 0.3) is 0 Å². The third-order valence-electron chi connectivity index (χ3n) is 0.841. The molecule has 5 heteroatoms. The van der Waals surface area contributed by atoms with Crippen LogP contribution in [0.25, 0.3) is 0 Å². The molecule has 0 heterocycles. The number of rotatable bonds is 3. The van der Waals surface area contributed by atoms with E-state index in [4.69, 9.17) is 5.11 Å². The van der Waals surface area contributed by atoms with Gasteiger partial charge in [-0.15, -0.1) is 0 Å². The Kier molecular flexibility index (Phi) is 4.89. The van der Waals surface area contributed by atoms with Gasteiger partial charge < -0.3 is 9.84 Å². The summed E-state index contributed by atoms with van der Waals surface area (Å²) in [4.78, 5) is 20.8. The number of hydrogen-bond acceptors (Lipinski definition) is 5. The normalized spacial score (nSPS) is 12.3. The summed E-state index contributed by atoms with van der Waals surface area (Å²) < 4.78 is 4.12. The zero-order chi connectivity index (χ0) is 8.85. The Labute approximate surface area is 68.9 Å². The number of aliphatic hydroxyl groups is 1. The zero-order valence-corrected chi connectivity index (χ0v) is 7.18. The van der Waals surface area contributed by atoms with E-state index in [1.54, 1.807) is 6.26 Å². The molecule has 1 atom stereocenters. The molecule has 64 valence electrons. The van der Waals surface area contributed by atoms with Gasteiger partial charge in [0.05, 0.1) is 0 Å². The number of thioether (sulfide) groups is 1. The smallest absolute Gasteiger partial charge is 0.343 e. The predicted octanol–water partition coefficient (Wildman–Crippen LogP) is -0.200. The van der Waals surface area contributed by atoms with Crippen LogP contribution >= 0.6 is 11.8 Å². The zero-order valence-electron chi connectivity index (χ0n) is 6.36. The van der Waals surface area contributed by atoms with Gasteiger partial charge in [0.1, 0.15) is 0 Å². The first kappa shape index (κ1) is 10.4. The molecule has 1 unspecified atom stereocenters. The van der Waals surface area contributed by atoms with Crippen molar-refractivity contribution in [3.8, 4) is 0 Å². The number of hydrogen-bond donors (Lipinski definition) is 1. The molecular formula is C6H10O4S. The highest BCUT2D eigenvalue weighted by atomic mass is 32.2. The summed E-state index contributed by atoms with van der Waals surface area (Å²) in [5.41, 5.74) is 0. The van der Waals surface area contributed by atoms with Crippen molar-refractivity contribution in [2.24, 2.45) is 0 Å². The fourth-order valence-corrected chi connectivity index (χ4v) is 0.887. The summed E-state index contributed by atoms with van der Waals surface area (Å²) in [5.74, 6) is -1.34. The number of esters is 2. The van der Waals surface area contributed by atoms with Gasteiger partial charge in [-0.3, -0.25) is 4.79 Å². The molecule has 1 N–H and O–H groups in total. The number of carbonyl (C=O) groups is 2. The number of aliphatic hydroxyl groups excluding tert-OH is 1. The van der Waals surface area contributed by atoms with E-state index >= 15 is 0 Å². The largest absolute Gasteiger partial charge is 0.391 e. The highest BCUT2D eigenvalue weighted by Gasteiger charge is 2.17. The fourth-order valence-electron chi connectivity index (χ4n) is 0.436. The van der Waals surface area contributed by atoms with E-state index in [1.165, 1.54) is 11.8 Å². The Balaban J connectivity index is 3.73. The molecule has 4 nitrogen and oxygen atoms in total. The lowest BCUT2D eigenvalue weighted by Crippen LogP contribution is -2.26. The number of carbonyl (C=O) groups excluding carboxylic acids is 2. The van der Waals surface area contributed by atoms with Gasteiger partial charge in [-0.2, -0.15) is 11.8 Å². The molecule has 0 aromatic rings. The first-order valence-corrected chi connectivity index (χ1v) is 4.36. The second-order valence-corrected chi connectivity index (χ2v) is 2.79. The lowest BCUT2D eigenvalue weighted by atomic mass is 10.4. The second-order valence-electron chi connectivity index (χ2n) is 1.88. The fraction of sp³-hybridized carbons (Fsp3) is 0.667. The Bertz CT molecular complexity index is 157. The minimum Gasteiger partial charge on any atom is -0.391 e. The third kappa shape index (κ3) is 4.80.